The number of nitrogen functional groups attached to an aromatic ring is 1. The van der Waals surface area contributed by atoms with E-state index in [4.69, 9.17) is 10.6 Å². The van der Waals surface area contributed by atoms with E-state index in [-0.39, 0.29) is 17.2 Å². The zero-order valence-electron chi connectivity index (χ0n) is 15.7. The van der Waals surface area contributed by atoms with Gasteiger partial charge in [-0.1, -0.05) is 5.16 Å². The molecule has 2 heterocycles. The summed E-state index contributed by atoms with van der Waals surface area (Å²) in [5.41, 5.74) is 4.18. The fourth-order valence-corrected chi connectivity index (χ4v) is 3.83. The zero-order valence-corrected chi connectivity index (χ0v) is 15.7. The Morgan fingerprint density at radius 2 is 1.93 bits per heavy atom. The van der Waals surface area contributed by atoms with Crippen molar-refractivity contribution in [2.24, 2.45) is 5.16 Å². The highest BCUT2D eigenvalue weighted by molar-refractivity contribution is 6.00. The van der Waals surface area contributed by atoms with Crippen LogP contribution >= 0.6 is 0 Å². The number of pyridine rings is 1. The second kappa shape index (κ2) is 7.02. The molecule has 0 bridgehead atoms. The third kappa shape index (κ3) is 3.08. The summed E-state index contributed by atoms with van der Waals surface area (Å²) >= 11 is 0. The van der Waals surface area contributed by atoms with Crippen LogP contribution in [0.25, 0.3) is 10.9 Å². The molecule has 1 saturated carbocycles. The number of oxime groups is 1. The molecule has 0 atom stereocenters. The number of rotatable bonds is 4. The molecule has 1 aromatic carbocycles. The summed E-state index contributed by atoms with van der Waals surface area (Å²) in [5.74, 6) is -3.42. The third-order valence-electron chi connectivity index (χ3n) is 5.41. The lowest BCUT2D eigenvalue weighted by Gasteiger charge is -2.31. The highest BCUT2D eigenvalue weighted by atomic mass is 19.1. The summed E-state index contributed by atoms with van der Waals surface area (Å²) in [6.45, 7) is 0.615. The number of anilines is 2. The van der Waals surface area contributed by atoms with Crippen LogP contribution in [0.3, 0.4) is 0 Å². The van der Waals surface area contributed by atoms with Gasteiger partial charge in [-0.2, -0.15) is 0 Å². The van der Waals surface area contributed by atoms with Gasteiger partial charge < -0.3 is 25.1 Å². The molecule has 154 valence electrons. The van der Waals surface area contributed by atoms with Crippen molar-refractivity contribution in [2.45, 2.75) is 31.7 Å². The molecule has 1 aliphatic heterocycles. The van der Waals surface area contributed by atoms with Crippen molar-refractivity contribution in [1.82, 2.24) is 4.57 Å². The maximum Gasteiger partial charge on any atom is 0.341 e. The molecule has 4 rings (SSSR count). The predicted molar refractivity (Wildman–Crippen MR) is 104 cm³/mol. The zero-order chi connectivity index (χ0) is 20.9. The van der Waals surface area contributed by atoms with Gasteiger partial charge in [0, 0.05) is 38.2 Å². The summed E-state index contributed by atoms with van der Waals surface area (Å²) in [6.07, 6.45) is 3.50. The van der Waals surface area contributed by atoms with Crippen LogP contribution in [-0.4, -0.2) is 41.6 Å². The van der Waals surface area contributed by atoms with E-state index in [0.29, 0.717) is 38.8 Å². The molecule has 1 saturated heterocycles. The number of aromatic carboxylic acids is 1. The van der Waals surface area contributed by atoms with Gasteiger partial charge in [-0.05, 0) is 12.8 Å². The van der Waals surface area contributed by atoms with E-state index < -0.39 is 39.7 Å². The summed E-state index contributed by atoms with van der Waals surface area (Å²) < 4.78 is 32.1. The Kier molecular flexibility index (Phi) is 4.64. The minimum absolute atomic E-state index is 0.146. The summed E-state index contributed by atoms with van der Waals surface area (Å²) in [7, 11) is 1.44. The largest absolute Gasteiger partial charge is 0.477 e. The van der Waals surface area contributed by atoms with Crippen molar-refractivity contribution in [3.8, 4) is 0 Å². The number of piperidine rings is 1. The monoisotopic (exact) mass is 406 g/mol. The second-order valence-corrected chi connectivity index (χ2v) is 7.26. The smallest absolute Gasteiger partial charge is 0.341 e. The number of halogens is 2. The first-order valence-corrected chi connectivity index (χ1v) is 9.27. The van der Waals surface area contributed by atoms with Crippen molar-refractivity contribution in [3.05, 3.63) is 33.6 Å². The summed E-state index contributed by atoms with van der Waals surface area (Å²) in [5, 5.41) is 12.8. The second-order valence-electron chi connectivity index (χ2n) is 7.26. The van der Waals surface area contributed by atoms with Crippen LogP contribution in [0.1, 0.15) is 42.1 Å². The number of nitrogens with zero attached hydrogens (tertiary/aromatic N) is 3. The first kappa shape index (κ1) is 19.2. The number of carboxylic acids is 1. The number of fused-ring (bicyclic) bond motifs is 1. The van der Waals surface area contributed by atoms with Gasteiger partial charge in [0.15, 0.2) is 11.6 Å². The molecule has 29 heavy (non-hydrogen) atoms. The first-order valence-electron chi connectivity index (χ1n) is 9.27. The van der Waals surface area contributed by atoms with Gasteiger partial charge >= 0.3 is 5.97 Å². The Labute approximate surface area is 164 Å². The first-order chi connectivity index (χ1) is 13.8. The van der Waals surface area contributed by atoms with Gasteiger partial charge in [-0.25, -0.2) is 13.6 Å². The number of carbonyl (C=O) groups is 1. The Bertz CT molecular complexity index is 1100. The Morgan fingerprint density at radius 1 is 1.28 bits per heavy atom. The standard InChI is InChI=1S/C19H20F2N4O4/c1-29-23-9-4-6-24(7-5-9)17-13(20)15(22)12-16(14(17)21)25(10-2-3-10)8-11(18(12)26)19(27)28/h8,10H,2-7,22H2,1H3,(H,27,28). The fraction of sp³-hybridized carbons (Fsp3) is 0.421. The number of benzene rings is 1. The van der Waals surface area contributed by atoms with Gasteiger partial charge in [0.25, 0.3) is 0 Å². The maximum absolute atomic E-state index is 15.6. The van der Waals surface area contributed by atoms with E-state index in [1.54, 1.807) is 0 Å². The van der Waals surface area contributed by atoms with Gasteiger partial charge in [0.1, 0.15) is 18.4 Å². The number of aromatic nitrogens is 1. The molecule has 3 N–H and O–H groups in total. The number of nitrogens with two attached hydrogens (primary N) is 1. The molecule has 8 nitrogen and oxygen atoms in total. The molecule has 0 spiro atoms. The van der Waals surface area contributed by atoms with Crippen LogP contribution in [0.4, 0.5) is 20.2 Å². The predicted octanol–water partition coefficient (Wildman–Crippen LogP) is 2.50. The Morgan fingerprint density at radius 3 is 2.48 bits per heavy atom. The van der Waals surface area contributed by atoms with Crippen LogP contribution in [0.2, 0.25) is 0 Å². The molecule has 0 unspecified atom stereocenters. The Balaban J connectivity index is 1.94. The molecular weight excluding hydrogens is 386 g/mol. The minimum Gasteiger partial charge on any atom is -0.477 e. The molecule has 0 radical (unpaired) electrons. The van der Waals surface area contributed by atoms with Crippen LogP contribution in [0, 0.1) is 11.6 Å². The van der Waals surface area contributed by atoms with Crippen LogP contribution in [0.5, 0.6) is 0 Å². The average Bonchev–Trinajstić information content (AvgIpc) is 3.52. The highest BCUT2D eigenvalue weighted by Crippen LogP contribution is 2.41. The van der Waals surface area contributed by atoms with E-state index in [2.05, 4.69) is 5.16 Å². The van der Waals surface area contributed by atoms with E-state index in [1.807, 2.05) is 0 Å². The summed E-state index contributed by atoms with van der Waals surface area (Å²) in [4.78, 5) is 30.4. The van der Waals surface area contributed by atoms with Crippen LogP contribution in [0.15, 0.2) is 16.1 Å². The van der Waals surface area contributed by atoms with E-state index in [9.17, 15) is 14.7 Å². The van der Waals surface area contributed by atoms with Crippen LogP contribution in [-0.2, 0) is 4.84 Å². The maximum atomic E-state index is 15.6. The minimum atomic E-state index is -1.46. The lowest BCUT2D eigenvalue weighted by Crippen LogP contribution is -2.35. The molecule has 0 amide bonds. The van der Waals surface area contributed by atoms with Crippen molar-refractivity contribution in [3.63, 3.8) is 0 Å². The fourth-order valence-electron chi connectivity index (χ4n) is 3.83. The number of hydrogen-bond donors (Lipinski definition) is 2. The number of carboxylic acid groups (broad SMARTS) is 1. The SMILES string of the molecule is CON=C1CCN(c2c(F)c(N)c3c(=O)c(C(=O)O)cn(C4CC4)c3c2F)CC1. The normalized spacial score (nSPS) is 16.9. The van der Waals surface area contributed by atoms with Gasteiger partial charge in [0.2, 0.25) is 5.43 Å². The van der Waals surface area contributed by atoms with Crippen molar-refractivity contribution in [2.75, 3.05) is 30.8 Å². The highest BCUT2D eigenvalue weighted by Gasteiger charge is 2.33. The quantitative estimate of drug-likeness (QED) is 0.596. The molecule has 1 aromatic heterocycles. The molecule has 2 aliphatic rings. The van der Waals surface area contributed by atoms with E-state index in [0.717, 1.165) is 11.9 Å². The molecular formula is C19H20F2N4O4. The van der Waals surface area contributed by atoms with E-state index in [1.165, 1.54) is 16.6 Å². The summed E-state index contributed by atoms with van der Waals surface area (Å²) in [6, 6.07) is -0.148. The van der Waals surface area contributed by atoms with Crippen molar-refractivity contribution >= 4 is 34.0 Å². The third-order valence-corrected chi connectivity index (χ3v) is 5.41. The van der Waals surface area contributed by atoms with Gasteiger partial charge in [-0.15, -0.1) is 0 Å². The van der Waals surface area contributed by atoms with Crippen molar-refractivity contribution < 1.29 is 23.5 Å². The molecule has 10 heteroatoms. The molecule has 2 aromatic rings. The van der Waals surface area contributed by atoms with Crippen LogP contribution < -0.4 is 16.1 Å². The Hall–Kier alpha value is -3.17. The number of hydrogen-bond acceptors (Lipinski definition) is 6. The topological polar surface area (TPSA) is 110 Å². The van der Waals surface area contributed by atoms with Gasteiger partial charge in [0.05, 0.1) is 22.3 Å². The van der Waals surface area contributed by atoms with Crippen molar-refractivity contribution in [1.29, 1.82) is 0 Å². The molecule has 1 aliphatic carbocycles. The van der Waals surface area contributed by atoms with E-state index >= 15 is 8.78 Å². The van der Waals surface area contributed by atoms with Gasteiger partial charge in [-0.3, -0.25) is 4.79 Å². The average molecular weight is 406 g/mol. The molecule has 2 fully saturated rings. The lowest BCUT2D eigenvalue weighted by atomic mass is 10.0. The lowest BCUT2D eigenvalue weighted by molar-refractivity contribution is 0.0695.